The molecule has 2 rings (SSSR count). The lowest BCUT2D eigenvalue weighted by Crippen LogP contribution is -2.42. The second kappa shape index (κ2) is 5.19. The van der Waals surface area contributed by atoms with Crippen LogP contribution >= 0.6 is 0 Å². The standard InChI is InChI=1S/C12H15NO4/c1-2-15-11(14)10-6-8(7-13)17-12-9(10)4-3-5-16-12/h6,9-10,12H,2-5H2,1H3/t9-,10-,12-/m1/s1. The molecule has 3 atom stereocenters. The molecule has 0 N–H and O–H groups in total. The van der Waals surface area contributed by atoms with Gasteiger partial charge in [0.05, 0.1) is 19.1 Å². The number of ether oxygens (including phenoxy) is 3. The summed E-state index contributed by atoms with van der Waals surface area (Å²) >= 11 is 0. The topological polar surface area (TPSA) is 68.6 Å². The van der Waals surface area contributed by atoms with Crippen molar-refractivity contribution in [3.8, 4) is 6.07 Å². The van der Waals surface area contributed by atoms with Gasteiger partial charge in [-0.1, -0.05) is 0 Å². The summed E-state index contributed by atoms with van der Waals surface area (Å²) in [5.41, 5.74) is 0. The van der Waals surface area contributed by atoms with Crippen LogP contribution in [0.1, 0.15) is 19.8 Å². The highest BCUT2D eigenvalue weighted by atomic mass is 16.7. The van der Waals surface area contributed by atoms with Crippen LogP contribution in [0.5, 0.6) is 0 Å². The number of nitriles is 1. The smallest absolute Gasteiger partial charge is 0.313 e. The predicted molar refractivity (Wildman–Crippen MR) is 57.4 cm³/mol. The van der Waals surface area contributed by atoms with Gasteiger partial charge in [0.2, 0.25) is 6.29 Å². The molecule has 2 aliphatic heterocycles. The zero-order chi connectivity index (χ0) is 12.3. The van der Waals surface area contributed by atoms with Crippen molar-refractivity contribution in [3.05, 3.63) is 11.8 Å². The van der Waals surface area contributed by atoms with Gasteiger partial charge in [-0.3, -0.25) is 4.79 Å². The van der Waals surface area contributed by atoms with E-state index in [0.29, 0.717) is 13.2 Å². The highest BCUT2D eigenvalue weighted by Crippen LogP contribution is 2.35. The van der Waals surface area contributed by atoms with Crippen molar-refractivity contribution in [1.82, 2.24) is 0 Å². The van der Waals surface area contributed by atoms with Crippen molar-refractivity contribution in [1.29, 1.82) is 5.26 Å². The summed E-state index contributed by atoms with van der Waals surface area (Å²) in [6, 6.07) is 1.92. The van der Waals surface area contributed by atoms with E-state index in [9.17, 15) is 4.79 Å². The van der Waals surface area contributed by atoms with E-state index >= 15 is 0 Å². The number of rotatable bonds is 2. The number of fused-ring (bicyclic) bond motifs is 1. The maximum atomic E-state index is 11.8. The van der Waals surface area contributed by atoms with Gasteiger partial charge in [0.1, 0.15) is 6.07 Å². The van der Waals surface area contributed by atoms with Gasteiger partial charge < -0.3 is 14.2 Å². The van der Waals surface area contributed by atoms with Crippen LogP contribution in [0.25, 0.3) is 0 Å². The van der Waals surface area contributed by atoms with Crippen LogP contribution in [-0.4, -0.2) is 25.5 Å². The monoisotopic (exact) mass is 237 g/mol. The van der Waals surface area contributed by atoms with Gasteiger partial charge in [0.15, 0.2) is 5.76 Å². The summed E-state index contributed by atoms with van der Waals surface area (Å²) in [6.07, 6.45) is 2.81. The molecule has 2 heterocycles. The molecule has 1 saturated heterocycles. The number of allylic oxidation sites excluding steroid dienone is 1. The summed E-state index contributed by atoms with van der Waals surface area (Å²) in [7, 11) is 0. The van der Waals surface area contributed by atoms with Crippen molar-refractivity contribution in [2.75, 3.05) is 13.2 Å². The Morgan fingerprint density at radius 3 is 3.24 bits per heavy atom. The molecule has 0 aromatic carbocycles. The first-order valence-electron chi connectivity index (χ1n) is 5.83. The molecule has 0 aliphatic carbocycles. The maximum absolute atomic E-state index is 11.8. The van der Waals surface area contributed by atoms with Crippen molar-refractivity contribution in [2.24, 2.45) is 11.8 Å². The Hall–Kier alpha value is -1.54. The summed E-state index contributed by atoms with van der Waals surface area (Å²) in [5, 5.41) is 8.86. The molecule has 17 heavy (non-hydrogen) atoms. The van der Waals surface area contributed by atoms with Gasteiger partial charge in [-0.05, 0) is 25.8 Å². The minimum Gasteiger partial charge on any atom is -0.466 e. The molecule has 0 bridgehead atoms. The molecule has 0 saturated carbocycles. The van der Waals surface area contributed by atoms with Crippen LogP contribution in [0, 0.1) is 23.2 Å². The first-order chi connectivity index (χ1) is 8.26. The minimum absolute atomic E-state index is 0.0418. The van der Waals surface area contributed by atoms with Crippen LogP contribution in [0.2, 0.25) is 0 Å². The molecule has 0 spiro atoms. The normalized spacial score (nSPS) is 31.5. The summed E-state index contributed by atoms with van der Waals surface area (Å²) in [4.78, 5) is 11.8. The molecule has 1 fully saturated rings. The van der Waals surface area contributed by atoms with Crippen LogP contribution in [0.15, 0.2) is 11.8 Å². The Labute approximate surface area is 99.9 Å². The lowest BCUT2D eigenvalue weighted by Gasteiger charge is -2.37. The molecule has 2 aliphatic rings. The Morgan fingerprint density at radius 1 is 1.71 bits per heavy atom. The Morgan fingerprint density at radius 2 is 2.53 bits per heavy atom. The van der Waals surface area contributed by atoms with Gasteiger partial charge in [-0.15, -0.1) is 0 Å². The number of carbonyl (C=O) groups excluding carboxylic acids is 1. The van der Waals surface area contributed by atoms with E-state index < -0.39 is 12.2 Å². The molecule has 5 heteroatoms. The van der Waals surface area contributed by atoms with Gasteiger partial charge in [0.25, 0.3) is 0 Å². The van der Waals surface area contributed by atoms with Crippen molar-refractivity contribution in [2.45, 2.75) is 26.1 Å². The average Bonchev–Trinajstić information content (AvgIpc) is 2.37. The third kappa shape index (κ3) is 2.42. The third-order valence-electron chi connectivity index (χ3n) is 3.02. The zero-order valence-electron chi connectivity index (χ0n) is 9.72. The lowest BCUT2D eigenvalue weighted by molar-refractivity contribution is -0.194. The van der Waals surface area contributed by atoms with E-state index in [0.717, 1.165) is 12.8 Å². The highest BCUT2D eigenvalue weighted by molar-refractivity contribution is 5.75. The first kappa shape index (κ1) is 11.9. The van der Waals surface area contributed by atoms with Gasteiger partial charge in [-0.25, -0.2) is 0 Å². The molecular formula is C12H15NO4. The Bertz CT molecular complexity index is 371. The van der Waals surface area contributed by atoms with Crippen LogP contribution in [0.4, 0.5) is 0 Å². The fourth-order valence-corrected chi connectivity index (χ4v) is 2.24. The molecule has 0 unspecified atom stereocenters. The molecule has 0 aromatic rings. The fourth-order valence-electron chi connectivity index (χ4n) is 2.24. The largest absolute Gasteiger partial charge is 0.466 e. The van der Waals surface area contributed by atoms with E-state index in [2.05, 4.69) is 0 Å². The summed E-state index contributed by atoms with van der Waals surface area (Å²) in [5.74, 6) is -0.626. The van der Waals surface area contributed by atoms with E-state index in [-0.39, 0.29) is 17.6 Å². The average molecular weight is 237 g/mol. The van der Waals surface area contributed by atoms with Crippen molar-refractivity contribution in [3.63, 3.8) is 0 Å². The van der Waals surface area contributed by atoms with Crippen molar-refractivity contribution < 1.29 is 19.0 Å². The van der Waals surface area contributed by atoms with E-state index in [4.69, 9.17) is 19.5 Å². The summed E-state index contributed by atoms with van der Waals surface area (Å²) in [6.45, 7) is 2.71. The first-order valence-corrected chi connectivity index (χ1v) is 5.83. The number of hydrogen-bond donors (Lipinski definition) is 0. The zero-order valence-corrected chi connectivity index (χ0v) is 9.72. The highest BCUT2D eigenvalue weighted by Gasteiger charge is 2.41. The number of esters is 1. The molecular weight excluding hydrogens is 222 g/mol. The Kier molecular flexibility index (Phi) is 3.64. The van der Waals surface area contributed by atoms with Gasteiger partial charge >= 0.3 is 5.97 Å². The summed E-state index contributed by atoms with van der Waals surface area (Å²) < 4.78 is 15.8. The van der Waals surface area contributed by atoms with Gasteiger partial charge in [0, 0.05) is 5.92 Å². The van der Waals surface area contributed by atoms with Crippen molar-refractivity contribution >= 4 is 5.97 Å². The second-order valence-corrected chi connectivity index (χ2v) is 4.08. The second-order valence-electron chi connectivity index (χ2n) is 4.08. The van der Waals surface area contributed by atoms with E-state index in [1.165, 1.54) is 0 Å². The number of carbonyl (C=O) groups is 1. The maximum Gasteiger partial charge on any atom is 0.313 e. The molecule has 5 nitrogen and oxygen atoms in total. The SMILES string of the molecule is CCOC(=O)[C@@H]1C=C(C#N)O[C@H]2OCCC[C@@H]21. The van der Waals surface area contributed by atoms with Crippen LogP contribution < -0.4 is 0 Å². The molecule has 0 radical (unpaired) electrons. The predicted octanol–water partition coefficient (Wildman–Crippen LogP) is 1.36. The Balaban J connectivity index is 2.20. The molecule has 92 valence electrons. The lowest BCUT2D eigenvalue weighted by atomic mass is 9.84. The third-order valence-corrected chi connectivity index (χ3v) is 3.02. The van der Waals surface area contributed by atoms with Crippen LogP contribution in [-0.2, 0) is 19.0 Å². The quantitative estimate of drug-likeness (QED) is 0.678. The molecule has 0 amide bonds. The fraction of sp³-hybridized carbons (Fsp3) is 0.667. The molecule has 0 aromatic heterocycles. The number of nitrogens with zero attached hydrogens (tertiary/aromatic N) is 1. The van der Waals surface area contributed by atoms with Gasteiger partial charge in [-0.2, -0.15) is 5.26 Å². The minimum atomic E-state index is -0.488. The van der Waals surface area contributed by atoms with Crippen LogP contribution in [0.3, 0.4) is 0 Å². The number of hydrogen-bond acceptors (Lipinski definition) is 5. The van der Waals surface area contributed by atoms with E-state index in [1.54, 1.807) is 13.0 Å². The van der Waals surface area contributed by atoms with E-state index in [1.807, 2.05) is 6.07 Å².